The van der Waals surface area contributed by atoms with E-state index in [0.29, 0.717) is 5.95 Å². The van der Waals surface area contributed by atoms with E-state index in [-0.39, 0.29) is 0 Å². The van der Waals surface area contributed by atoms with Crippen molar-refractivity contribution in [2.45, 2.75) is 6.42 Å². The Morgan fingerprint density at radius 2 is 2.18 bits per heavy atom. The summed E-state index contributed by atoms with van der Waals surface area (Å²) < 4.78 is 0.825. The van der Waals surface area contributed by atoms with Gasteiger partial charge in [0.2, 0.25) is 5.95 Å². The zero-order valence-corrected chi connectivity index (χ0v) is 10.5. The van der Waals surface area contributed by atoms with Gasteiger partial charge in [0.15, 0.2) is 0 Å². The number of anilines is 1. The SMILES string of the molecule is Nc1nccc(C2=CCc3cnc(Br)cc32)n1. The largest absolute Gasteiger partial charge is 0.368 e. The van der Waals surface area contributed by atoms with Gasteiger partial charge in [0.1, 0.15) is 4.60 Å². The summed E-state index contributed by atoms with van der Waals surface area (Å²) in [4.78, 5) is 12.4. The molecule has 0 saturated heterocycles. The Bertz CT molecular complexity index is 622. The van der Waals surface area contributed by atoms with Crippen molar-refractivity contribution in [3.8, 4) is 0 Å². The molecule has 0 radical (unpaired) electrons. The van der Waals surface area contributed by atoms with E-state index in [9.17, 15) is 0 Å². The molecule has 2 N–H and O–H groups in total. The van der Waals surface area contributed by atoms with Crippen LogP contribution in [-0.4, -0.2) is 15.0 Å². The predicted octanol–water partition coefficient (Wildman–Crippen LogP) is 2.20. The third-order valence-corrected chi connectivity index (χ3v) is 3.15. The lowest BCUT2D eigenvalue weighted by Crippen LogP contribution is -1.98. The van der Waals surface area contributed by atoms with E-state index in [2.05, 4.69) is 37.0 Å². The normalized spacial score (nSPS) is 13.4. The van der Waals surface area contributed by atoms with E-state index >= 15 is 0 Å². The van der Waals surface area contributed by atoms with Crippen LogP contribution in [0.3, 0.4) is 0 Å². The average Bonchev–Trinajstić information content (AvgIpc) is 2.71. The van der Waals surface area contributed by atoms with Gasteiger partial charge in [0.25, 0.3) is 0 Å². The lowest BCUT2D eigenvalue weighted by atomic mass is 10.1. The number of rotatable bonds is 1. The number of halogens is 1. The van der Waals surface area contributed by atoms with Crippen molar-refractivity contribution < 1.29 is 0 Å². The molecule has 0 aromatic carbocycles. The molecule has 5 heteroatoms. The molecule has 0 fully saturated rings. The van der Waals surface area contributed by atoms with Crippen LogP contribution < -0.4 is 5.73 Å². The lowest BCUT2D eigenvalue weighted by Gasteiger charge is -2.05. The molecular weight excluding hydrogens is 280 g/mol. The third-order valence-electron chi connectivity index (χ3n) is 2.72. The smallest absolute Gasteiger partial charge is 0.220 e. The van der Waals surface area contributed by atoms with Crippen LogP contribution in [0.4, 0.5) is 5.95 Å². The van der Waals surface area contributed by atoms with Gasteiger partial charge in [-0.2, -0.15) is 0 Å². The van der Waals surface area contributed by atoms with Gasteiger partial charge < -0.3 is 5.73 Å². The van der Waals surface area contributed by atoms with E-state index in [1.165, 1.54) is 5.56 Å². The minimum atomic E-state index is 0.296. The van der Waals surface area contributed by atoms with Crippen LogP contribution >= 0.6 is 15.9 Å². The first-order valence-electron chi connectivity index (χ1n) is 5.18. The second-order valence-corrected chi connectivity index (χ2v) is 4.60. The lowest BCUT2D eigenvalue weighted by molar-refractivity contribution is 1.16. The second-order valence-electron chi connectivity index (χ2n) is 3.79. The third kappa shape index (κ3) is 1.82. The van der Waals surface area contributed by atoms with Crippen LogP contribution in [0.25, 0.3) is 5.57 Å². The second kappa shape index (κ2) is 3.92. The van der Waals surface area contributed by atoms with Gasteiger partial charge in [-0.1, -0.05) is 6.08 Å². The summed E-state index contributed by atoms with van der Waals surface area (Å²) in [6, 6.07) is 3.87. The Hall–Kier alpha value is -1.75. The number of hydrogen-bond donors (Lipinski definition) is 1. The maximum absolute atomic E-state index is 5.61. The molecule has 0 aliphatic heterocycles. The average molecular weight is 289 g/mol. The van der Waals surface area contributed by atoms with Crippen molar-refractivity contribution in [3.63, 3.8) is 0 Å². The summed E-state index contributed by atoms with van der Waals surface area (Å²) in [5, 5.41) is 0. The molecule has 17 heavy (non-hydrogen) atoms. The van der Waals surface area contributed by atoms with Gasteiger partial charge in [-0.3, -0.25) is 0 Å². The van der Waals surface area contributed by atoms with Crippen molar-refractivity contribution in [3.05, 3.63) is 52.0 Å². The minimum Gasteiger partial charge on any atom is -0.368 e. The molecule has 1 aliphatic rings. The summed E-state index contributed by atoms with van der Waals surface area (Å²) in [6.45, 7) is 0. The number of nitrogens with zero attached hydrogens (tertiary/aromatic N) is 3. The van der Waals surface area contributed by atoms with Crippen LogP contribution in [0.5, 0.6) is 0 Å². The molecule has 2 aromatic heterocycles. The monoisotopic (exact) mass is 288 g/mol. The summed E-state index contributed by atoms with van der Waals surface area (Å²) in [6.07, 6.45) is 6.58. The molecular formula is C12H9BrN4. The fourth-order valence-corrected chi connectivity index (χ4v) is 2.29. The highest BCUT2D eigenvalue weighted by Crippen LogP contribution is 2.32. The number of aromatic nitrogens is 3. The van der Waals surface area contributed by atoms with Crippen molar-refractivity contribution in [1.29, 1.82) is 0 Å². The van der Waals surface area contributed by atoms with Gasteiger partial charge in [0.05, 0.1) is 5.69 Å². The Kier molecular flexibility index (Phi) is 2.40. The number of fused-ring (bicyclic) bond motifs is 1. The zero-order valence-electron chi connectivity index (χ0n) is 8.89. The van der Waals surface area contributed by atoms with Crippen molar-refractivity contribution in [2.75, 3.05) is 5.73 Å². The first-order valence-corrected chi connectivity index (χ1v) is 5.97. The van der Waals surface area contributed by atoms with Gasteiger partial charge in [0, 0.05) is 18.0 Å². The molecule has 1 aliphatic carbocycles. The predicted molar refractivity (Wildman–Crippen MR) is 69.2 cm³/mol. The van der Waals surface area contributed by atoms with Gasteiger partial charge >= 0.3 is 0 Å². The molecule has 2 aromatic rings. The number of pyridine rings is 1. The Balaban J connectivity index is 2.12. The first kappa shape index (κ1) is 10.4. The Labute approximate surface area is 107 Å². The van der Waals surface area contributed by atoms with Crippen LogP contribution in [0, 0.1) is 0 Å². The highest BCUT2D eigenvalue weighted by molar-refractivity contribution is 9.10. The molecule has 0 unspecified atom stereocenters. The van der Waals surface area contributed by atoms with Crippen LogP contribution in [0.15, 0.2) is 35.2 Å². The van der Waals surface area contributed by atoms with E-state index < -0.39 is 0 Å². The quantitative estimate of drug-likeness (QED) is 0.817. The van der Waals surface area contributed by atoms with E-state index in [1.807, 2.05) is 18.3 Å². The van der Waals surface area contributed by atoms with Gasteiger partial charge in [-0.05, 0) is 45.6 Å². The molecule has 0 atom stereocenters. The molecule has 3 rings (SSSR count). The topological polar surface area (TPSA) is 64.7 Å². The summed E-state index contributed by atoms with van der Waals surface area (Å²) >= 11 is 3.38. The minimum absolute atomic E-state index is 0.296. The summed E-state index contributed by atoms with van der Waals surface area (Å²) in [5.41, 5.74) is 9.92. The highest BCUT2D eigenvalue weighted by atomic mass is 79.9. The summed E-state index contributed by atoms with van der Waals surface area (Å²) in [7, 11) is 0. The fourth-order valence-electron chi connectivity index (χ4n) is 1.96. The van der Waals surface area contributed by atoms with E-state index in [4.69, 9.17) is 5.73 Å². The standard InChI is InChI=1S/C12H9BrN4/c13-11-5-9-7(6-16-11)1-2-8(9)10-3-4-15-12(14)17-10/h2-6H,1H2,(H2,14,15,17). The van der Waals surface area contributed by atoms with E-state index in [1.54, 1.807) is 6.20 Å². The molecule has 84 valence electrons. The first-order chi connectivity index (χ1) is 8.24. The number of hydrogen-bond acceptors (Lipinski definition) is 4. The maximum Gasteiger partial charge on any atom is 0.220 e. The fraction of sp³-hybridized carbons (Fsp3) is 0.0833. The highest BCUT2D eigenvalue weighted by Gasteiger charge is 2.17. The van der Waals surface area contributed by atoms with Gasteiger partial charge in [-0.25, -0.2) is 15.0 Å². The zero-order chi connectivity index (χ0) is 11.8. The van der Waals surface area contributed by atoms with E-state index in [0.717, 1.165) is 27.9 Å². The maximum atomic E-state index is 5.61. The van der Waals surface area contributed by atoms with Gasteiger partial charge in [-0.15, -0.1) is 0 Å². The molecule has 0 spiro atoms. The summed E-state index contributed by atoms with van der Waals surface area (Å²) in [5.74, 6) is 0.296. The van der Waals surface area contributed by atoms with Crippen LogP contribution in [0.2, 0.25) is 0 Å². The number of allylic oxidation sites excluding steroid dienone is 1. The molecule has 2 heterocycles. The molecule has 0 amide bonds. The molecule has 0 saturated carbocycles. The molecule has 4 nitrogen and oxygen atoms in total. The van der Waals surface area contributed by atoms with Crippen molar-refractivity contribution in [1.82, 2.24) is 15.0 Å². The van der Waals surface area contributed by atoms with Crippen LogP contribution in [-0.2, 0) is 6.42 Å². The number of nitrogens with two attached hydrogens (primary N) is 1. The van der Waals surface area contributed by atoms with Crippen molar-refractivity contribution >= 4 is 27.5 Å². The van der Waals surface area contributed by atoms with Crippen LogP contribution in [0.1, 0.15) is 16.8 Å². The molecule has 0 bridgehead atoms. The van der Waals surface area contributed by atoms with Crippen molar-refractivity contribution in [2.24, 2.45) is 0 Å². The number of nitrogen functional groups attached to an aromatic ring is 1. The Morgan fingerprint density at radius 1 is 1.29 bits per heavy atom. The Morgan fingerprint density at radius 3 is 3.00 bits per heavy atom.